The van der Waals surface area contributed by atoms with Gasteiger partial charge in [-0.2, -0.15) is 0 Å². The highest BCUT2D eigenvalue weighted by Gasteiger charge is 2.21. The summed E-state index contributed by atoms with van der Waals surface area (Å²) in [5.74, 6) is 0. The first-order valence-electron chi connectivity index (χ1n) is 8.14. The van der Waals surface area contributed by atoms with Crippen LogP contribution in [0.3, 0.4) is 0 Å². The van der Waals surface area contributed by atoms with E-state index in [1.807, 2.05) is 6.92 Å². The molecule has 0 aliphatic carbocycles. The summed E-state index contributed by atoms with van der Waals surface area (Å²) in [4.78, 5) is 13.7. The van der Waals surface area contributed by atoms with Gasteiger partial charge in [-0.15, -0.1) is 0 Å². The molecule has 1 amide bonds. The Morgan fingerprint density at radius 2 is 1.69 bits per heavy atom. The summed E-state index contributed by atoms with van der Waals surface area (Å²) < 4.78 is 32.9. The van der Waals surface area contributed by atoms with Crippen LogP contribution in [0.2, 0.25) is 0 Å². The molecule has 0 atom stereocenters. The van der Waals surface area contributed by atoms with Gasteiger partial charge >= 0.3 is 6.09 Å². The van der Waals surface area contributed by atoms with Gasteiger partial charge in [0, 0.05) is 12.7 Å². The number of hydrogen-bond donors (Lipinski definition) is 1. The van der Waals surface area contributed by atoms with Crippen LogP contribution in [0.4, 0.5) is 16.2 Å². The Morgan fingerprint density at radius 3 is 2.27 bits per heavy atom. The fourth-order valence-corrected chi connectivity index (χ4v) is 3.19. The van der Waals surface area contributed by atoms with Crippen molar-refractivity contribution in [2.75, 3.05) is 16.7 Å². The first-order valence-corrected chi connectivity index (χ1v) is 9.62. The average molecular weight is 376 g/mol. The van der Waals surface area contributed by atoms with Crippen LogP contribution in [0, 0.1) is 6.92 Å². The Morgan fingerprint density at radius 1 is 1.08 bits per heavy atom. The van der Waals surface area contributed by atoms with Gasteiger partial charge in [-0.1, -0.05) is 23.8 Å². The summed E-state index contributed by atoms with van der Waals surface area (Å²) in [5, 5.41) is 0. The van der Waals surface area contributed by atoms with Crippen molar-refractivity contribution in [1.82, 2.24) is 0 Å². The fraction of sp³-hybridized carbons (Fsp3) is 0.316. The molecule has 0 aromatic heterocycles. The second-order valence-corrected chi connectivity index (χ2v) is 8.69. The lowest BCUT2D eigenvalue weighted by atomic mass is 10.2. The summed E-state index contributed by atoms with van der Waals surface area (Å²) in [6.45, 7) is 7.24. The molecule has 2 aromatic carbocycles. The monoisotopic (exact) mass is 376 g/mol. The number of nitrogens with zero attached hydrogens (tertiary/aromatic N) is 1. The second kappa shape index (κ2) is 7.37. The van der Waals surface area contributed by atoms with Crippen LogP contribution in [-0.2, 0) is 14.8 Å². The predicted octanol–water partition coefficient (Wildman–Crippen LogP) is 4.17. The lowest BCUT2D eigenvalue weighted by Crippen LogP contribution is -2.34. The molecule has 0 unspecified atom stereocenters. The van der Waals surface area contributed by atoms with E-state index in [1.165, 1.54) is 4.90 Å². The van der Waals surface area contributed by atoms with Gasteiger partial charge in [0.15, 0.2) is 0 Å². The third-order valence-corrected chi connectivity index (χ3v) is 4.88. The van der Waals surface area contributed by atoms with Crippen LogP contribution >= 0.6 is 0 Å². The molecule has 6 nitrogen and oxygen atoms in total. The van der Waals surface area contributed by atoms with Gasteiger partial charge in [-0.05, 0) is 58.0 Å². The highest BCUT2D eigenvalue weighted by molar-refractivity contribution is 7.92. The maximum Gasteiger partial charge on any atom is 0.414 e. The number of carbonyl (C=O) groups excluding carboxylic acids is 1. The van der Waals surface area contributed by atoms with Gasteiger partial charge in [0.1, 0.15) is 5.60 Å². The Bertz CT molecular complexity index is 885. The molecule has 140 valence electrons. The number of carbonyl (C=O) groups is 1. The number of rotatable bonds is 4. The molecule has 26 heavy (non-hydrogen) atoms. The third kappa shape index (κ3) is 5.23. The van der Waals surface area contributed by atoms with Crippen LogP contribution in [0.15, 0.2) is 53.4 Å². The van der Waals surface area contributed by atoms with Crippen molar-refractivity contribution < 1.29 is 17.9 Å². The molecular formula is C19H24N2O4S. The predicted molar refractivity (Wildman–Crippen MR) is 103 cm³/mol. The maximum atomic E-state index is 12.5. The minimum atomic E-state index is -3.71. The quantitative estimate of drug-likeness (QED) is 0.869. The zero-order chi connectivity index (χ0) is 19.5. The first-order chi connectivity index (χ1) is 12.0. The van der Waals surface area contributed by atoms with Crippen molar-refractivity contribution in [3.8, 4) is 0 Å². The van der Waals surface area contributed by atoms with E-state index in [0.29, 0.717) is 11.4 Å². The number of aryl methyl sites for hydroxylation is 1. The molecule has 0 bridgehead atoms. The van der Waals surface area contributed by atoms with Crippen LogP contribution < -0.4 is 9.62 Å². The van der Waals surface area contributed by atoms with Gasteiger partial charge < -0.3 is 4.74 Å². The van der Waals surface area contributed by atoms with Crippen molar-refractivity contribution >= 4 is 27.5 Å². The van der Waals surface area contributed by atoms with Crippen LogP contribution in [0.25, 0.3) is 0 Å². The number of amides is 1. The minimum absolute atomic E-state index is 0.175. The van der Waals surface area contributed by atoms with Gasteiger partial charge in [0.2, 0.25) is 0 Å². The highest BCUT2D eigenvalue weighted by Crippen LogP contribution is 2.23. The normalized spacial score (nSPS) is 11.7. The Labute approximate surface area is 154 Å². The Hall–Kier alpha value is -2.54. The average Bonchev–Trinajstić information content (AvgIpc) is 2.52. The third-order valence-electron chi connectivity index (χ3n) is 3.48. The van der Waals surface area contributed by atoms with E-state index in [9.17, 15) is 13.2 Å². The Kier molecular flexibility index (Phi) is 5.61. The molecule has 0 spiro atoms. The molecular weight excluding hydrogens is 352 g/mol. The van der Waals surface area contributed by atoms with Crippen molar-refractivity contribution in [1.29, 1.82) is 0 Å². The molecule has 0 saturated carbocycles. The van der Waals surface area contributed by atoms with E-state index in [4.69, 9.17) is 4.74 Å². The molecule has 1 N–H and O–H groups in total. The summed E-state index contributed by atoms with van der Waals surface area (Å²) in [6.07, 6.45) is -0.518. The molecule has 0 heterocycles. The van der Waals surface area contributed by atoms with E-state index in [-0.39, 0.29) is 4.90 Å². The van der Waals surface area contributed by atoms with E-state index in [0.717, 1.165) is 5.56 Å². The lowest BCUT2D eigenvalue weighted by molar-refractivity contribution is 0.0589. The number of nitrogens with one attached hydrogen (secondary N) is 1. The van der Waals surface area contributed by atoms with Crippen LogP contribution in [0.5, 0.6) is 0 Å². The number of anilines is 2. The van der Waals surface area contributed by atoms with E-state index in [2.05, 4.69) is 4.72 Å². The van der Waals surface area contributed by atoms with Crippen molar-refractivity contribution in [2.24, 2.45) is 0 Å². The largest absolute Gasteiger partial charge is 0.443 e. The highest BCUT2D eigenvalue weighted by atomic mass is 32.2. The van der Waals surface area contributed by atoms with Gasteiger partial charge in [0.05, 0.1) is 10.6 Å². The molecule has 7 heteroatoms. The van der Waals surface area contributed by atoms with E-state index in [1.54, 1.807) is 76.3 Å². The molecule has 0 saturated heterocycles. The number of hydrogen-bond acceptors (Lipinski definition) is 4. The second-order valence-electron chi connectivity index (χ2n) is 7.01. The molecule has 2 rings (SSSR count). The maximum absolute atomic E-state index is 12.5. The zero-order valence-electron chi connectivity index (χ0n) is 15.6. The van der Waals surface area contributed by atoms with E-state index >= 15 is 0 Å². The summed E-state index contributed by atoms with van der Waals surface area (Å²) in [7, 11) is -2.14. The fourth-order valence-electron chi connectivity index (χ4n) is 2.15. The smallest absolute Gasteiger partial charge is 0.414 e. The van der Waals surface area contributed by atoms with Crippen LogP contribution in [-0.4, -0.2) is 27.2 Å². The Balaban J connectivity index is 2.21. The van der Waals surface area contributed by atoms with E-state index < -0.39 is 21.7 Å². The molecule has 0 radical (unpaired) electrons. The summed E-state index contributed by atoms with van der Waals surface area (Å²) >= 11 is 0. The SMILES string of the molecule is Cc1ccc(S(=O)(=O)Nc2cccc(N(C)C(=O)OC(C)(C)C)c2)cc1. The lowest BCUT2D eigenvalue weighted by Gasteiger charge is -2.25. The zero-order valence-corrected chi connectivity index (χ0v) is 16.4. The minimum Gasteiger partial charge on any atom is -0.443 e. The van der Waals surface area contributed by atoms with Crippen molar-refractivity contribution in [3.05, 3.63) is 54.1 Å². The molecule has 2 aromatic rings. The van der Waals surface area contributed by atoms with Gasteiger partial charge in [-0.3, -0.25) is 9.62 Å². The number of sulfonamides is 1. The molecule has 0 fully saturated rings. The van der Waals surface area contributed by atoms with Gasteiger partial charge in [-0.25, -0.2) is 13.2 Å². The molecule has 0 aliphatic heterocycles. The standard InChI is InChI=1S/C19H24N2O4S/c1-14-9-11-17(12-10-14)26(23,24)20-15-7-6-8-16(13-15)21(5)18(22)25-19(2,3)4/h6-13,20H,1-5H3. The summed E-state index contributed by atoms with van der Waals surface area (Å²) in [6, 6.07) is 13.1. The first kappa shape index (κ1) is 19.8. The van der Waals surface area contributed by atoms with Crippen molar-refractivity contribution in [2.45, 2.75) is 38.2 Å². The number of ether oxygens (including phenoxy) is 1. The summed E-state index contributed by atoms with van der Waals surface area (Å²) in [5.41, 5.74) is 1.24. The van der Waals surface area contributed by atoms with Gasteiger partial charge in [0.25, 0.3) is 10.0 Å². The van der Waals surface area contributed by atoms with Crippen LogP contribution in [0.1, 0.15) is 26.3 Å². The molecule has 0 aliphatic rings. The van der Waals surface area contributed by atoms with Crippen molar-refractivity contribution in [3.63, 3.8) is 0 Å². The number of benzene rings is 2. The topological polar surface area (TPSA) is 75.7 Å².